The van der Waals surface area contributed by atoms with E-state index in [2.05, 4.69) is 53.1 Å². The molecule has 0 radical (unpaired) electrons. The van der Waals surface area contributed by atoms with Gasteiger partial charge in [-0.3, -0.25) is 10.1 Å². The standard InChI is InChI=1S/C28H21N3OS3/c29-17-22-21-16-23(18-10-4-1-5-11-18)34-24(19-12-6-2-7-13-19)25(21)35-27(22)31-28(33)30-26(32)20-14-8-3-9-15-20/h1-15,23-24H,16H2,(H2,30,31,32,33). The van der Waals surface area contributed by atoms with Crippen molar-refractivity contribution in [3.05, 3.63) is 124 Å². The van der Waals surface area contributed by atoms with E-state index in [4.69, 9.17) is 12.2 Å². The lowest BCUT2D eigenvalue weighted by Gasteiger charge is -2.29. The quantitative estimate of drug-likeness (QED) is 0.293. The van der Waals surface area contributed by atoms with E-state index in [9.17, 15) is 10.1 Å². The van der Waals surface area contributed by atoms with E-state index >= 15 is 0 Å². The van der Waals surface area contributed by atoms with E-state index in [1.807, 2.05) is 42.1 Å². The molecule has 4 aromatic rings. The van der Waals surface area contributed by atoms with Gasteiger partial charge in [-0.25, -0.2) is 0 Å². The molecule has 0 saturated carbocycles. The van der Waals surface area contributed by atoms with E-state index < -0.39 is 0 Å². The minimum atomic E-state index is -0.287. The van der Waals surface area contributed by atoms with Crippen molar-refractivity contribution in [1.29, 1.82) is 5.26 Å². The lowest BCUT2D eigenvalue weighted by molar-refractivity contribution is 0.0977. The number of thiophene rings is 1. The minimum Gasteiger partial charge on any atom is -0.323 e. The van der Waals surface area contributed by atoms with Gasteiger partial charge < -0.3 is 5.32 Å². The Morgan fingerprint density at radius 2 is 1.51 bits per heavy atom. The van der Waals surface area contributed by atoms with Gasteiger partial charge in [-0.15, -0.1) is 23.1 Å². The van der Waals surface area contributed by atoms with E-state index in [0.29, 0.717) is 16.1 Å². The molecule has 3 aromatic carbocycles. The number of benzene rings is 3. The molecule has 2 atom stereocenters. The summed E-state index contributed by atoms with van der Waals surface area (Å²) in [4.78, 5) is 13.7. The molecule has 0 spiro atoms. The molecule has 0 fully saturated rings. The van der Waals surface area contributed by atoms with Gasteiger partial charge in [-0.05, 0) is 47.5 Å². The number of rotatable bonds is 4. The highest BCUT2D eigenvalue weighted by Gasteiger charge is 2.34. The second kappa shape index (κ2) is 10.4. The third-order valence-electron chi connectivity index (χ3n) is 5.84. The van der Waals surface area contributed by atoms with E-state index in [1.54, 1.807) is 35.6 Å². The largest absolute Gasteiger partial charge is 0.323 e. The third kappa shape index (κ3) is 5.01. The van der Waals surface area contributed by atoms with Gasteiger partial charge in [0.15, 0.2) is 5.11 Å². The summed E-state index contributed by atoms with van der Waals surface area (Å²) in [5.74, 6) is -0.287. The highest BCUT2D eigenvalue weighted by Crippen LogP contribution is 2.55. The first kappa shape index (κ1) is 23.3. The lowest BCUT2D eigenvalue weighted by Crippen LogP contribution is -2.34. The second-order valence-electron chi connectivity index (χ2n) is 8.07. The Morgan fingerprint density at radius 1 is 0.914 bits per heavy atom. The molecule has 7 heteroatoms. The Balaban J connectivity index is 1.47. The van der Waals surface area contributed by atoms with Crippen molar-refractivity contribution in [3.63, 3.8) is 0 Å². The molecule has 172 valence electrons. The maximum atomic E-state index is 12.5. The van der Waals surface area contributed by atoms with Gasteiger partial charge in [0.25, 0.3) is 5.91 Å². The zero-order valence-corrected chi connectivity index (χ0v) is 21.1. The van der Waals surface area contributed by atoms with Crippen molar-refractivity contribution in [3.8, 4) is 6.07 Å². The predicted molar refractivity (Wildman–Crippen MR) is 148 cm³/mol. The molecule has 2 N–H and O–H groups in total. The first-order chi connectivity index (χ1) is 17.1. The Morgan fingerprint density at radius 3 is 2.14 bits per heavy atom. The fourth-order valence-electron chi connectivity index (χ4n) is 4.18. The first-order valence-corrected chi connectivity index (χ1v) is 13.3. The Kier molecular flexibility index (Phi) is 6.96. The molecular weight excluding hydrogens is 491 g/mol. The van der Waals surface area contributed by atoms with Gasteiger partial charge in [-0.2, -0.15) is 5.26 Å². The van der Waals surface area contributed by atoms with Crippen LogP contribution < -0.4 is 10.6 Å². The normalized spacial score (nSPS) is 16.5. The van der Waals surface area contributed by atoms with Crippen LogP contribution in [0.1, 0.15) is 48.0 Å². The Bertz CT molecular complexity index is 1400. The monoisotopic (exact) mass is 511 g/mol. The van der Waals surface area contributed by atoms with Crippen molar-refractivity contribution in [1.82, 2.24) is 5.32 Å². The van der Waals surface area contributed by atoms with Gasteiger partial charge in [0.2, 0.25) is 0 Å². The summed E-state index contributed by atoms with van der Waals surface area (Å²) < 4.78 is 0. The molecule has 5 rings (SSSR count). The maximum Gasteiger partial charge on any atom is 0.257 e. The number of amides is 1. The van der Waals surface area contributed by atoms with Crippen LogP contribution in [0.5, 0.6) is 0 Å². The van der Waals surface area contributed by atoms with E-state index in [1.165, 1.54) is 11.1 Å². The first-order valence-electron chi connectivity index (χ1n) is 11.1. The van der Waals surface area contributed by atoms with Gasteiger partial charge in [0, 0.05) is 15.7 Å². The molecule has 2 unspecified atom stereocenters. The van der Waals surface area contributed by atoms with Crippen molar-refractivity contribution in [2.24, 2.45) is 0 Å². The third-order valence-corrected chi connectivity index (χ3v) is 8.95. The number of hydrogen-bond acceptors (Lipinski definition) is 5. The summed E-state index contributed by atoms with van der Waals surface area (Å²) in [6.07, 6.45) is 0.761. The van der Waals surface area contributed by atoms with Crippen LogP contribution in [0.3, 0.4) is 0 Å². The topological polar surface area (TPSA) is 64.9 Å². The van der Waals surface area contributed by atoms with E-state index in [0.717, 1.165) is 16.9 Å². The van der Waals surface area contributed by atoms with Crippen LogP contribution in [0.4, 0.5) is 5.00 Å². The molecule has 2 heterocycles. The van der Waals surface area contributed by atoms with Gasteiger partial charge in [0.1, 0.15) is 11.1 Å². The molecule has 4 nitrogen and oxygen atoms in total. The number of thiocarbonyl (C=S) groups is 1. The summed E-state index contributed by atoms with van der Waals surface area (Å²) in [5.41, 5.74) is 4.63. The average molecular weight is 512 g/mol. The SMILES string of the molecule is N#Cc1c(NC(=S)NC(=O)c2ccccc2)sc2c1CC(c1ccccc1)SC2c1ccccc1. The highest BCUT2D eigenvalue weighted by atomic mass is 32.2. The number of fused-ring (bicyclic) bond motifs is 1. The fourth-order valence-corrected chi connectivity index (χ4v) is 7.44. The number of anilines is 1. The number of thioether (sulfide) groups is 1. The van der Waals surface area contributed by atoms with Crippen molar-refractivity contribution in [2.45, 2.75) is 16.9 Å². The number of carbonyl (C=O) groups is 1. The number of nitriles is 1. The van der Waals surface area contributed by atoms with Crippen molar-refractivity contribution < 1.29 is 4.79 Å². The molecule has 35 heavy (non-hydrogen) atoms. The molecule has 0 saturated heterocycles. The predicted octanol–water partition coefficient (Wildman–Crippen LogP) is 6.87. The van der Waals surface area contributed by atoms with Crippen molar-refractivity contribution >= 4 is 51.3 Å². The fraction of sp³-hybridized carbons (Fsp3) is 0.107. The minimum absolute atomic E-state index is 0.102. The number of nitrogens with one attached hydrogen (secondary N) is 2. The zero-order valence-electron chi connectivity index (χ0n) is 18.6. The average Bonchev–Trinajstić information content (AvgIpc) is 3.26. The van der Waals surface area contributed by atoms with Gasteiger partial charge >= 0.3 is 0 Å². The molecular formula is C28H21N3OS3. The summed E-state index contributed by atoms with van der Waals surface area (Å²) in [6.45, 7) is 0. The zero-order chi connectivity index (χ0) is 24.2. The molecule has 1 amide bonds. The van der Waals surface area contributed by atoms with Crippen molar-refractivity contribution in [2.75, 3.05) is 5.32 Å². The number of hydrogen-bond donors (Lipinski definition) is 2. The maximum absolute atomic E-state index is 12.5. The molecule has 1 aliphatic heterocycles. The molecule has 1 aliphatic rings. The smallest absolute Gasteiger partial charge is 0.257 e. The van der Waals surface area contributed by atoms with Gasteiger partial charge in [-0.1, -0.05) is 78.9 Å². The summed E-state index contributed by atoms with van der Waals surface area (Å²) in [7, 11) is 0. The lowest BCUT2D eigenvalue weighted by atomic mass is 9.97. The number of nitrogens with zero attached hydrogens (tertiary/aromatic N) is 1. The molecule has 1 aromatic heterocycles. The summed E-state index contributed by atoms with van der Waals surface area (Å²) in [6, 6.07) is 32.2. The van der Waals surface area contributed by atoms with Crippen LogP contribution in [0, 0.1) is 11.3 Å². The summed E-state index contributed by atoms with van der Waals surface area (Å²) >= 11 is 8.89. The second-order valence-corrected chi connectivity index (χ2v) is 10.8. The van der Waals surface area contributed by atoms with Crippen LogP contribution in [0.25, 0.3) is 0 Å². The van der Waals surface area contributed by atoms with Crippen LogP contribution in [-0.4, -0.2) is 11.0 Å². The Labute approximate surface area is 218 Å². The Hall–Kier alpha value is -3.44. The van der Waals surface area contributed by atoms with Gasteiger partial charge in [0.05, 0.1) is 10.8 Å². The number of carbonyl (C=O) groups excluding carboxylic acids is 1. The highest BCUT2D eigenvalue weighted by molar-refractivity contribution is 8.00. The molecule has 0 aliphatic carbocycles. The van der Waals surface area contributed by atoms with Crippen LogP contribution in [0.15, 0.2) is 91.0 Å². The summed E-state index contributed by atoms with van der Waals surface area (Å²) in [5, 5.41) is 17.2. The van der Waals surface area contributed by atoms with E-state index in [-0.39, 0.29) is 21.5 Å². The van der Waals surface area contributed by atoms with Crippen LogP contribution in [-0.2, 0) is 6.42 Å². The molecule has 0 bridgehead atoms. The van der Waals surface area contributed by atoms with Crippen LogP contribution in [0.2, 0.25) is 0 Å². The van der Waals surface area contributed by atoms with Crippen LogP contribution >= 0.6 is 35.3 Å².